The van der Waals surface area contributed by atoms with Gasteiger partial charge in [-0.15, -0.1) is 11.8 Å². The van der Waals surface area contributed by atoms with Crippen molar-refractivity contribution in [2.75, 3.05) is 12.3 Å². The number of thioether (sulfide) groups is 1. The van der Waals surface area contributed by atoms with Gasteiger partial charge in [-0.25, -0.2) is 4.39 Å². The average molecular weight is 437 g/mol. The normalized spacial score (nSPS) is 11.9. The molecule has 0 bridgehead atoms. The van der Waals surface area contributed by atoms with E-state index in [1.165, 1.54) is 28.8 Å². The summed E-state index contributed by atoms with van der Waals surface area (Å²) in [6.45, 7) is 6.51. The van der Waals surface area contributed by atoms with Crippen LogP contribution in [-0.2, 0) is 16.1 Å². The van der Waals surface area contributed by atoms with Crippen molar-refractivity contribution in [3.8, 4) is 0 Å². The van der Waals surface area contributed by atoms with Gasteiger partial charge in [-0.05, 0) is 54.8 Å². The van der Waals surface area contributed by atoms with Crippen molar-refractivity contribution in [3.05, 3.63) is 64.9 Å². The molecule has 1 atom stereocenters. The van der Waals surface area contributed by atoms with Crippen molar-refractivity contribution >= 4 is 35.2 Å². The van der Waals surface area contributed by atoms with E-state index >= 15 is 0 Å². The summed E-state index contributed by atoms with van der Waals surface area (Å²) in [6, 6.07) is 12.6. The Morgan fingerprint density at radius 1 is 1.07 bits per heavy atom. The van der Waals surface area contributed by atoms with Crippen LogP contribution in [-0.4, -0.2) is 35.1 Å². The van der Waals surface area contributed by atoms with Crippen LogP contribution in [0.5, 0.6) is 0 Å². The quantitative estimate of drug-likeness (QED) is 0.576. The Kier molecular flexibility index (Phi) is 8.99. The zero-order valence-electron chi connectivity index (χ0n) is 16.8. The van der Waals surface area contributed by atoms with Crippen LogP contribution >= 0.6 is 23.4 Å². The second-order valence-electron chi connectivity index (χ2n) is 7.21. The molecule has 2 aromatic rings. The maximum Gasteiger partial charge on any atom is 0.242 e. The van der Waals surface area contributed by atoms with E-state index < -0.39 is 6.04 Å². The summed E-state index contributed by atoms with van der Waals surface area (Å²) in [6.07, 6.45) is 0. The van der Waals surface area contributed by atoms with E-state index in [4.69, 9.17) is 11.6 Å². The number of nitrogens with one attached hydrogen (secondary N) is 1. The molecule has 0 saturated carbocycles. The van der Waals surface area contributed by atoms with Crippen LogP contribution in [0.3, 0.4) is 0 Å². The molecule has 156 valence electrons. The van der Waals surface area contributed by atoms with Crippen LogP contribution in [0.4, 0.5) is 4.39 Å². The molecule has 0 spiro atoms. The smallest absolute Gasteiger partial charge is 0.242 e. The highest BCUT2D eigenvalue weighted by Gasteiger charge is 2.26. The lowest BCUT2D eigenvalue weighted by Gasteiger charge is -2.29. The molecule has 2 amide bonds. The summed E-state index contributed by atoms with van der Waals surface area (Å²) >= 11 is 7.28. The first-order chi connectivity index (χ1) is 13.8. The first-order valence-electron chi connectivity index (χ1n) is 9.46. The van der Waals surface area contributed by atoms with Gasteiger partial charge in [-0.3, -0.25) is 9.59 Å². The maximum atomic E-state index is 13.2. The molecule has 0 saturated heterocycles. The van der Waals surface area contributed by atoms with Crippen LogP contribution in [0.2, 0.25) is 5.02 Å². The Morgan fingerprint density at radius 3 is 2.28 bits per heavy atom. The number of nitrogens with zero attached hydrogens (tertiary/aromatic N) is 1. The van der Waals surface area contributed by atoms with Crippen LogP contribution in [0.15, 0.2) is 53.4 Å². The van der Waals surface area contributed by atoms with Crippen LogP contribution in [0, 0.1) is 11.7 Å². The molecule has 29 heavy (non-hydrogen) atoms. The first-order valence-corrected chi connectivity index (χ1v) is 10.8. The van der Waals surface area contributed by atoms with Gasteiger partial charge in [0.2, 0.25) is 11.8 Å². The minimum absolute atomic E-state index is 0.165. The van der Waals surface area contributed by atoms with Gasteiger partial charge >= 0.3 is 0 Å². The molecule has 0 aromatic heterocycles. The van der Waals surface area contributed by atoms with E-state index in [-0.39, 0.29) is 29.9 Å². The van der Waals surface area contributed by atoms with Gasteiger partial charge in [0.1, 0.15) is 11.9 Å². The molecule has 0 heterocycles. The van der Waals surface area contributed by atoms with Gasteiger partial charge in [-0.2, -0.15) is 0 Å². The molecule has 1 N–H and O–H groups in total. The molecule has 0 fully saturated rings. The molecule has 7 heteroatoms. The van der Waals surface area contributed by atoms with Gasteiger partial charge in [0.15, 0.2) is 0 Å². The lowest BCUT2D eigenvalue weighted by Crippen LogP contribution is -2.48. The van der Waals surface area contributed by atoms with Crippen molar-refractivity contribution < 1.29 is 14.0 Å². The third-order valence-corrected chi connectivity index (χ3v) is 5.54. The zero-order chi connectivity index (χ0) is 21.4. The summed E-state index contributed by atoms with van der Waals surface area (Å²) in [5, 5.41) is 3.51. The number of hydrogen-bond acceptors (Lipinski definition) is 3. The SMILES string of the molecule is CC(C)CNC(=O)[C@@H](C)N(Cc1ccc(F)cc1)C(=O)CSc1ccc(Cl)cc1. The Hall–Kier alpha value is -2.05. The summed E-state index contributed by atoms with van der Waals surface area (Å²) in [5.74, 6) is -0.211. The predicted molar refractivity (Wildman–Crippen MR) is 116 cm³/mol. The molecular formula is C22H26ClFN2O2S. The highest BCUT2D eigenvalue weighted by atomic mass is 35.5. The minimum atomic E-state index is -0.642. The van der Waals surface area contributed by atoms with Gasteiger partial charge in [0, 0.05) is 23.0 Å². The molecular weight excluding hydrogens is 411 g/mol. The van der Waals surface area contributed by atoms with Gasteiger partial charge in [-0.1, -0.05) is 37.6 Å². The number of halogens is 2. The Morgan fingerprint density at radius 2 is 1.69 bits per heavy atom. The fraction of sp³-hybridized carbons (Fsp3) is 0.364. The fourth-order valence-corrected chi connectivity index (χ4v) is 3.49. The average Bonchev–Trinajstić information content (AvgIpc) is 2.70. The standard InChI is InChI=1S/C22H26ClFN2O2S/c1-15(2)12-25-22(28)16(3)26(13-17-4-8-19(24)9-5-17)21(27)14-29-20-10-6-18(23)7-11-20/h4-11,15-16H,12-14H2,1-3H3,(H,25,28)/t16-/m1/s1. The lowest BCUT2D eigenvalue weighted by atomic mass is 10.1. The summed E-state index contributed by atoms with van der Waals surface area (Å²) in [5.41, 5.74) is 0.764. The zero-order valence-corrected chi connectivity index (χ0v) is 18.4. The molecule has 2 rings (SSSR count). The van der Waals surface area contributed by atoms with Crippen LogP contribution in [0.25, 0.3) is 0 Å². The van der Waals surface area contributed by atoms with Crippen molar-refractivity contribution in [1.29, 1.82) is 0 Å². The summed E-state index contributed by atoms with van der Waals surface area (Å²) < 4.78 is 13.2. The number of rotatable bonds is 9. The Labute approximate surface area is 180 Å². The molecule has 4 nitrogen and oxygen atoms in total. The predicted octanol–water partition coefficient (Wildman–Crippen LogP) is 4.76. The summed E-state index contributed by atoms with van der Waals surface area (Å²) in [4.78, 5) is 28.0. The number of carbonyl (C=O) groups is 2. The molecule has 0 aliphatic heterocycles. The van der Waals surface area contributed by atoms with Crippen molar-refractivity contribution in [3.63, 3.8) is 0 Å². The van der Waals surface area contributed by atoms with Crippen LogP contribution < -0.4 is 5.32 Å². The Bertz CT molecular complexity index is 813. The minimum Gasteiger partial charge on any atom is -0.354 e. The molecule has 0 unspecified atom stereocenters. The van der Waals surface area contributed by atoms with Gasteiger partial charge < -0.3 is 10.2 Å². The Balaban J connectivity index is 2.10. The second kappa shape index (κ2) is 11.2. The van der Waals surface area contributed by atoms with Crippen LogP contribution in [0.1, 0.15) is 26.3 Å². The van der Waals surface area contributed by atoms with Crippen molar-refractivity contribution in [1.82, 2.24) is 10.2 Å². The highest BCUT2D eigenvalue weighted by Crippen LogP contribution is 2.22. The molecule has 2 aromatic carbocycles. The third kappa shape index (κ3) is 7.71. The monoisotopic (exact) mass is 436 g/mol. The highest BCUT2D eigenvalue weighted by molar-refractivity contribution is 8.00. The summed E-state index contributed by atoms with van der Waals surface area (Å²) in [7, 11) is 0. The van der Waals surface area contributed by atoms with E-state index in [9.17, 15) is 14.0 Å². The van der Waals surface area contributed by atoms with E-state index in [1.807, 2.05) is 26.0 Å². The number of amides is 2. The second-order valence-corrected chi connectivity index (χ2v) is 8.69. The number of carbonyl (C=O) groups excluding carboxylic acids is 2. The largest absolute Gasteiger partial charge is 0.354 e. The van der Waals surface area contributed by atoms with Crippen molar-refractivity contribution in [2.24, 2.45) is 5.92 Å². The lowest BCUT2D eigenvalue weighted by molar-refractivity contribution is -0.138. The van der Waals surface area contributed by atoms with E-state index in [0.717, 1.165) is 10.5 Å². The van der Waals surface area contributed by atoms with E-state index in [2.05, 4.69) is 5.32 Å². The van der Waals surface area contributed by atoms with Crippen molar-refractivity contribution in [2.45, 2.75) is 38.3 Å². The number of hydrogen-bond donors (Lipinski definition) is 1. The van der Waals surface area contributed by atoms with Gasteiger partial charge in [0.25, 0.3) is 0 Å². The van der Waals surface area contributed by atoms with Gasteiger partial charge in [0.05, 0.1) is 5.75 Å². The topological polar surface area (TPSA) is 49.4 Å². The maximum absolute atomic E-state index is 13.2. The number of benzene rings is 2. The first kappa shape index (κ1) is 23.2. The van der Waals surface area contributed by atoms with E-state index in [0.29, 0.717) is 17.5 Å². The third-order valence-electron chi connectivity index (χ3n) is 4.29. The van der Waals surface area contributed by atoms with E-state index in [1.54, 1.807) is 31.2 Å². The molecule has 0 aliphatic carbocycles. The molecule has 0 radical (unpaired) electrons. The fourth-order valence-electron chi connectivity index (χ4n) is 2.58. The molecule has 0 aliphatic rings.